The summed E-state index contributed by atoms with van der Waals surface area (Å²) in [5.74, 6) is 1.32. The van der Waals surface area contributed by atoms with Crippen molar-refractivity contribution >= 4 is 5.69 Å². The molecule has 1 heterocycles. The van der Waals surface area contributed by atoms with Gasteiger partial charge in [-0.1, -0.05) is 34.6 Å². The molecule has 0 saturated heterocycles. The first-order valence-electron chi connectivity index (χ1n) is 8.35. The van der Waals surface area contributed by atoms with Gasteiger partial charge in [-0.15, -0.1) is 0 Å². The van der Waals surface area contributed by atoms with Crippen LogP contribution in [0.1, 0.15) is 52.3 Å². The van der Waals surface area contributed by atoms with Gasteiger partial charge in [-0.25, -0.2) is 0 Å². The molecule has 1 rings (SSSR count). The van der Waals surface area contributed by atoms with Crippen LogP contribution in [-0.4, -0.2) is 24.6 Å². The molecule has 0 aliphatic rings. The molecule has 0 aliphatic heterocycles. The van der Waals surface area contributed by atoms with Crippen molar-refractivity contribution in [2.45, 2.75) is 54.5 Å². The van der Waals surface area contributed by atoms with Crippen LogP contribution in [0.25, 0.3) is 0 Å². The number of aryl methyl sites for hydroxylation is 1. The fourth-order valence-electron chi connectivity index (χ4n) is 2.56. The van der Waals surface area contributed by atoms with Gasteiger partial charge in [0.1, 0.15) is 0 Å². The minimum Gasteiger partial charge on any atom is -0.371 e. The smallest absolute Gasteiger partial charge is 0.0445 e. The summed E-state index contributed by atoms with van der Waals surface area (Å²) in [6.45, 7) is 17.6. The summed E-state index contributed by atoms with van der Waals surface area (Å²) >= 11 is 0. The lowest BCUT2D eigenvalue weighted by Crippen LogP contribution is -2.32. The van der Waals surface area contributed by atoms with Crippen LogP contribution in [0, 0.1) is 18.8 Å². The van der Waals surface area contributed by atoms with Crippen LogP contribution in [0.15, 0.2) is 12.3 Å². The molecule has 0 bridgehead atoms. The van der Waals surface area contributed by atoms with Crippen LogP contribution in [-0.2, 0) is 6.54 Å². The quantitative estimate of drug-likeness (QED) is 0.697. The van der Waals surface area contributed by atoms with Crippen molar-refractivity contribution in [1.82, 2.24) is 10.3 Å². The predicted octanol–water partition coefficient (Wildman–Crippen LogP) is 4.01. The largest absolute Gasteiger partial charge is 0.371 e. The lowest BCUT2D eigenvalue weighted by Gasteiger charge is -2.30. The van der Waals surface area contributed by atoms with Crippen LogP contribution >= 0.6 is 0 Å². The second-order valence-electron chi connectivity index (χ2n) is 6.82. The zero-order valence-corrected chi connectivity index (χ0v) is 14.7. The number of rotatable bonds is 9. The second kappa shape index (κ2) is 9.04. The molecule has 0 fully saturated rings. The minimum atomic E-state index is 0.661. The monoisotopic (exact) mass is 291 g/mol. The molecule has 1 aromatic rings. The normalized spacial score (nSPS) is 11.4. The highest BCUT2D eigenvalue weighted by Gasteiger charge is 2.15. The van der Waals surface area contributed by atoms with Crippen molar-refractivity contribution < 1.29 is 0 Å². The molecule has 0 radical (unpaired) electrons. The van der Waals surface area contributed by atoms with E-state index in [0.29, 0.717) is 11.8 Å². The maximum Gasteiger partial charge on any atom is 0.0445 e. The van der Waals surface area contributed by atoms with E-state index in [-0.39, 0.29) is 0 Å². The van der Waals surface area contributed by atoms with Gasteiger partial charge in [-0.2, -0.15) is 0 Å². The van der Waals surface area contributed by atoms with E-state index in [1.165, 1.54) is 11.3 Å². The zero-order valence-electron chi connectivity index (χ0n) is 14.7. The summed E-state index contributed by atoms with van der Waals surface area (Å²) in [5, 5.41) is 3.51. The molecule has 120 valence electrons. The molecule has 3 nitrogen and oxygen atoms in total. The van der Waals surface area contributed by atoms with Gasteiger partial charge in [-0.3, -0.25) is 4.98 Å². The Bertz CT molecular complexity index is 403. The van der Waals surface area contributed by atoms with Crippen molar-refractivity contribution in [2.24, 2.45) is 11.8 Å². The van der Waals surface area contributed by atoms with Crippen molar-refractivity contribution in [3.8, 4) is 0 Å². The van der Waals surface area contributed by atoms with E-state index in [0.717, 1.165) is 38.3 Å². The Morgan fingerprint density at radius 3 is 2.29 bits per heavy atom. The Balaban J connectivity index is 2.99. The predicted molar refractivity (Wildman–Crippen MR) is 92.9 cm³/mol. The lowest BCUT2D eigenvalue weighted by atomic mass is 10.1. The molecule has 3 heteroatoms. The van der Waals surface area contributed by atoms with E-state index in [2.05, 4.69) is 62.8 Å². The van der Waals surface area contributed by atoms with Gasteiger partial charge >= 0.3 is 0 Å². The van der Waals surface area contributed by atoms with Gasteiger partial charge < -0.3 is 10.2 Å². The van der Waals surface area contributed by atoms with E-state index < -0.39 is 0 Å². The second-order valence-corrected chi connectivity index (χ2v) is 6.82. The van der Waals surface area contributed by atoms with Crippen LogP contribution < -0.4 is 10.2 Å². The third-order valence-electron chi connectivity index (χ3n) is 3.35. The van der Waals surface area contributed by atoms with Crippen molar-refractivity contribution in [3.05, 3.63) is 23.5 Å². The molecular weight excluding hydrogens is 258 g/mol. The van der Waals surface area contributed by atoms with Crippen LogP contribution in [0.4, 0.5) is 5.69 Å². The van der Waals surface area contributed by atoms with Gasteiger partial charge in [-0.05, 0) is 37.8 Å². The number of hydrogen-bond acceptors (Lipinski definition) is 3. The summed E-state index contributed by atoms with van der Waals surface area (Å²) in [6, 6.07) is 2.24. The van der Waals surface area contributed by atoms with E-state index in [1.54, 1.807) is 0 Å². The number of pyridine rings is 1. The Morgan fingerprint density at radius 1 is 1.14 bits per heavy atom. The van der Waals surface area contributed by atoms with Crippen LogP contribution in [0.5, 0.6) is 0 Å². The molecule has 0 amide bonds. The Kier molecular flexibility index (Phi) is 7.73. The van der Waals surface area contributed by atoms with E-state index in [4.69, 9.17) is 0 Å². The molecule has 0 atom stereocenters. The molecule has 0 unspecified atom stereocenters. The molecule has 1 N–H and O–H groups in total. The van der Waals surface area contributed by atoms with Gasteiger partial charge in [0, 0.05) is 42.8 Å². The number of hydrogen-bond donors (Lipinski definition) is 1. The Labute approximate surface area is 131 Å². The van der Waals surface area contributed by atoms with Crippen molar-refractivity contribution in [2.75, 3.05) is 24.5 Å². The van der Waals surface area contributed by atoms with E-state index >= 15 is 0 Å². The Hall–Kier alpha value is -1.09. The highest BCUT2D eigenvalue weighted by atomic mass is 15.1. The summed E-state index contributed by atoms with van der Waals surface area (Å²) in [7, 11) is 0. The number of anilines is 1. The highest BCUT2D eigenvalue weighted by Crippen LogP contribution is 2.23. The first-order valence-corrected chi connectivity index (χ1v) is 8.35. The van der Waals surface area contributed by atoms with Gasteiger partial charge in [0.25, 0.3) is 0 Å². The zero-order chi connectivity index (χ0) is 15.8. The van der Waals surface area contributed by atoms with E-state index in [9.17, 15) is 0 Å². The van der Waals surface area contributed by atoms with Gasteiger partial charge in [0.15, 0.2) is 0 Å². The van der Waals surface area contributed by atoms with Gasteiger partial charge in [0.05, 0.1) is 0 Å². The molecule has 0 saturated carbocycles. The topological polar surface area (TPSA) is 28.2 Å². The third-order valence-corrected chi connectivity index (χ3v) is 3.35. The molecular formula is C18H33N3. The summed E-state index contributed by atoms with van der Waals surface area (Å²) in [4.78, 5) is 7.03. The molecule has 1 aromatic heterocycles. The standard InChI is InChI=1S/C18H33N3/c1-7-8-19-10-17-11-20-16(6)9-18(17)21(12-14(2)3)13-15(4)5/h9,11,14-15,19H,7-8,10,12-13H2,1-6H3. The van der Waals surface area contributed by atoms with Crippen LogP contribution in [0.2, 0.25) is 0 Å². The highest BCUT2D eigenvalue weighted by molar-refractivity contribution is 5.53. The van der Waals surface area contributed by atoms with Crippen molar-refractivity contribution in [1.29, 1.82) is 0 Å². The molecule has 0 aliphatic carbocycles. The molecule has 0 spiro atoms. The Morgan fingerprint density at radius 2 is 1.76 bits per heavy atom. The first kappa shape index (κ1) is 18.0. The van der Waals surface area contributed by atoms with Gasteiger partial charge in [0.2, 0.25) is 0 Å². The summed E-state index contributed by atoms with van der Waals surface area (Å²) in [6.07, 6.45) is 3.21. The maximum atomic E-state index is 4.49. The summed E-state index contributed by atoms with van der Waals surface area (Å²) in [5.41, 5.74) is 3.77. The van der Waals surface area contributed by atoms with E-state index in [1.807, 2.05) is 6.20 Å². The maximum absolute atomic E-state index is 4.49. The average molecular weight is 291 g/mol. The molecule has 0 aromatic carbocycles. The minimum absolute atomic E-state index is 0.661. The first-order chi connectivity index (χ1) is 9.93. The lowest BCUT2D eigenvalue weighted by molar-refractivity contribution is 0.549. The average Bonchev–Trinajstić information content (AvgIpc) is 2.39. The summed E-state index contributed by atoms with van der Waals surface area (Å²) < 4.78 is 0. The number of nitrogens with zero attached hydrogens (tertiary/aromatic N) is 2. The van der Waals surface area contributed by atoms with Crippen molar-refractivity contribution in [3.63, 3.8) is 0 Å². The third kappa shape index (κ3) is 6.47. The number of aromatic nitrogens is 1. The van der Waals surface area contributed by atoms with Crippen LogP contribution in [0.3, 0.4) is 0 Å². The fraction of sp³-hybridized carbons (Fsp3) is 0.722. The SMILES string of the molecule is CCCNCc1cnc(C)cc1N(CC(C)C)CC(C)C. The fourth-order valence-corrected chi connectivity index (χ4v) is 2.56. The number of nitrogens with one attached hydrogen (secondary N) is 1. The molecule has 21 heavy (non-hydrogen) atoms.